The van der Waals surface area contributed by atoms with Crippen LogP contribution in [0.25, 0.3) is 21.9 Å². The second-order valence-corrected chi connectivity index (χ2v) is 8.24. The zero-order valence-electron chi connectivity index (χ0n) is 15.1. The number of fused-ring (bicyclic) bond motifs is 3. The first-order chi connectivity index (χ1) is 13.4. The van der Waals surface area contributed by atoms with Crippen LogP contribution >= 0.6 is 11.6 Å². The molecule has 28 heavy (non-hydrogen) atoms. The summed E-state index contributed by atoms with van der Waals surface area (Å²) >= 11 is 6.24. The van der Waals surface area contributed by atoms with Crippen LogP contribution in [-0.4, -0.2) is 44.9 Å². The number of hydrogen-bond acceptors (Lipinski definition) is 4. The molecular formula is C20H20ClF2N3O2. The Kier molecular flexibility index (Phi) is 4.30. The molecule has 0 unspecified atom stereocenters. The molecule has 2 fully saturated rings. The quantitative estimate of drug-likeness (QED) is 0.696. The van der Waals surface area contributed by atoms with Gasteiger partial charge in [-0.2, -0.15) is 0 Å². The van der Waals surface area contributed by atoms with Gasteiger partial charge in [0, 0.05) is 41.8 Å². The normalized spacial score (nSPS) is 25.3. The summed E-state index contributed by atoms with van der Waals surface area (Å²) in [6, 6.07) is 5.51. The predicted molar refractivity (Wildman–Crippen MR) is 102 cm³/mol. The molecule has 3 heterocycles. The van der Waals surface area contributed by atoms with Gasteiger partial charge >= 0.3 is 0 Å². The molecular weight excluding hydrogens is 388 g/mol. The Morgan fingerprint density at radius 2 is 2.11 bits per heavy atom. The van der Waals surface area contributed by atoms with Crippen molar-refractivity contribution in [2.75, 3.05) is 13.2 Å². The summed E-state index contributed by atoms with van der Waals surface area (Å²) in [6.07, 6.45) is 2.42. The standard InChI is InChI=1S/C20H20ClF2N3O2/c21-12-1-2-16-15(5-12)18-17(9-24-16)25-19(11-7-20(22,23)8-11)26(18)13-3-4-28-14(6-13)10-27/h1-2,5,9,11,13-14,27H,3-4,6-8,10H2/t13-,14+/m1/s1. The van der Waals surface area contributed by atoms with E-state index in [-0.39, 0.29) is 37.5 Å². The van der Waals surface area contributed by atoms with E-state index < -0.39 is 5.92 Å². The van der Waals surface area contributed by atoms with Gasteiger partial charge in [0.25, 0.3) is 0 Å². The van der Waals surface area contributed by atoms with E-state index >= 15 is 0 Å². The number of rotatable bonds is 3. The number of pyridine rings is 1. The average molecular weight is 408 g/mol. The molecule has 0 bridgehead atoms. The van der Waals surface area contributed by atoms with Crippen molar-refractivity contribution in [3.63, 3.8) is 0 Å². The molecule has 0 spiro atoms. The minimum absolute atomic E-state index is 0.0182. The number of benzene rings is 1. The van der Waals surface area contributed by atoms with Crippen molar-refractivity contribution in [1.29, 1.82) is 0 Å². The SMILES string of the molecule is OC[C@@H]1C[C@H](n2c(C3CC(F)(F)C3)nc3cnc4ccc(Cl)cc4c32)CCO1. The number of aliphatic hydroxyl groups excluding tert-OH is 1. The Hall–Kier alpha value is -1.83. The Balaban J connectivity index is 1.72. The fourth-order valence-corrected chi connectivity index (χ4v) is 4.66. The molecule has 1 aliphatic heterocycles. The van der Waals surface area contributed by atoms with Crippen LogP contribution < -0.4 is 0 Å². The highest BCUT2D eigenvalue weighted by Crippen LogP contribution is 2.49. The van der Waals surface area contributed by atoms with Gasteiger partial charge in [0.2, 0.25) is 5.92 Å². The molecule has 3 aromatic rings. The lowest BCUT2D eigenvalue weighted by molar-refractivity contribution is -0.0900. The monoisotopic (exact) mass is 407 g/mol. The number of halogens is 3. The maximum atomic E-state index is 13.6. The molecule has 5 rings (SSSR count). The summed E-state index contributed by atoms with van der Waals surface area (Å²) in [6.45, 7) is 0.452. The van der Waals surface area contributed by atoms with Gasteiger partial charge in [-0.15, -0.1) is 0 Å². The van der Waals surface area contributed by atoms with E-state index in [9.17, 15) is 13.9 Å². The summed E-state index contributed by atoms with van der Waals surface area (Å²) in [5, 5.41) is 11.0. The fourth-order valence-electron chi connectivity index (χ4n) is 4.49. The van der Waals surface area contributed by atoms with E-state index in [1.165, 1.54) is 0 Å². The minimum atomic E-state index is -2.62. The van der Waals surface area contributed by atoms with Crippen molar-refractivity contribution >= 4 is 33.5 Å². The van der Waals surface area contributed by atoms with Crippen LogP contribution in [0.2, 0.25) is 5.02 Å². The zero-order valence-corrected chi connectivity index (χ0v) is 15.9. The molecule has 1 saturated carbocycles. The lowest BCUT2D eigenvalue weighted by Crippen LogP contribution is -2.37. The Labute approximate surface area is 165 Å². The molecule has 1 N–H and O–H groups in total. The second-order valence-electron chi connectivity index (χ2n) is 7.81. The topological polar surface area (TPSA) is 60.2 Å². The molecule has 1 aliphatic carbocycles. The van der Waals surface area contributed by atoms with Crippen molar-refractivity contribution in [2.45, 2.75) is 49.7 Å². The van der Waals surface area contributed by atoms with Gasteiger partial charge < -0.3 is 14.4 Å². The molecule has 1 saturated heterocycles. The number of alkyl halides is 2. The third-order valence-corrected chi connectivity index (χ3v) is 6.10. The highest BCUT2D eigenvalue weighted by atomic mass is 35.5. The smallest absolute Gasteiger partial charge is 0.249 e. The number of imidazole rings is 1. The van der Waals surface area contributed by atoms with Gasteiger partial charge in [-0.05, 0) is 31.0 Å². The van der Waals surface area contributed by atoms with E-state index in [1.807, 2.05) is 12.1 Å². The zero-order chi connectivity index (χ0) is 19.5. The number of hydrogen-bond donors (Lipinski definition) is 1. The summed E-state index contributed by atoms with van der Waals surface area (Å²) in [7, 11) is 0. The van der Waals surface area contributed by atoms with E-state index in [1.54, 1.807) is 12.3 Å². The van der Waals surface area contributed by atoms with Crippen LogP contribution in [0.5, 0.6) is 0 Å². The summed E-state index contributed by atoms with van der Waals surface area (Å²) in [4.78, 5) is 9.19. The Morgan fingerprint density at radius 1 is 1.29 bits per heavy atom. The average Bonchev–Trinajstić information content (AvgIpc) is 3.05. The molecule has 148 valence electrons. The van der Waals surface area contributed by atoms with E-state index in [0.717, 1.165) is 22.8 Å². The third-order valence-electron chi connectivity index (χ3n) is 5.87. The maximum Gasteiger partial charge on any atom is 0.249 e. The van der Waals surface area contributed by atoms with Crippen LogP contribution in [0, 0.1) is 0 Å². The van der Waals surface area contributed by atoms with Crippen LogP contribution in [0.1, 0.15) is 43.5 Å². The Bertz CT molecular complexity index is 1050. The van der Waals surface area contributed by atoms with Crippen molar-refractivity contribution in [3.05, 3.63) is 35.2 Å². The fraction of sp³-hybridized carbons (Fsp3) is 0.500. The molecule has 5 nitrogen and oxygen atoms in total. The third kappa shape index (κ3) is 2.96. The lowest BCUT2D eigenvalue weighted by atomic mass is 9.80. The maximum absolute atomic E-state index is 13.6. The number of ether oxygens (including phenoxy) is 1. The van der Waals surface area contributed by atoms with Gasteiger partial charge in [-0.3, -0.25) is 4.98 Å². The first kappa shape index (κ1) is 18.2. The molecule has 8 heteroatoms. The molecule has 0 amide bonds. The largest absolute Gasteiger partial charge is 0.394 e. The first-order valence-electron chi connectivity index (χ1n) is 9.51. The number of aromatic nitrogens is 3. The molecule has 1 aromatic carbocycles. The molecule has 0 radical (unpaired) electrons. The highest BCUT2D eigenvalue weighted by Gasteiger charge is 2.48. The van der Waals surface area contributed by atoms with Crippen molar-refractivity contribution < 1.29 is 18.6 Å². The van der Waals surface area contributed by atoms with Crippen LogP contribution in [0.3, 0.4) is 0 Å². The van der Waals surface area contributed by atoms with Crippen molar-refractivity contribution in [2.24, 2.45) is 0 Å². The van der Waals surface area contributed by atoms with E-state index in [0.29, 0.717) is 29.4 Å². The summed E-state index contributed by atoms with van der Waals surface area (Å²) in [5.41, 5.74) is 2.35. The van der Waals surface area contributed by atoms with Crippen molar-refractivity contribution in [3.8, 4) is 0 Å². The lowest BCUT2D eigenvalue weighted by Gasteiger charge is -2.37. The number of nitrogens with zero attached hydrogens (tertiary/aromatic N) is 3. The van der Waals surface area contributed by atoms with Crippen LogP contribution in [0.15, 0.2) is 24.4 Å². The van der Waals surface area contributed by atoms with Gasteiger partial charge in [-0.25, -0.2) is 13.8 Å². The molecule has 2 atom stereocenters. The number of aliphatic hydroxyl groups is 1. The highest BCUT2D eigenvalue weighted by molar-refractivity contribution is 6.31. The summed E-state index contributed by atoms with van der Waals surface area (Å²) in [5.74, 6) is -2.23. The van der Waals surface area contributed by atoms with Gasteiger partial charge in [0.05, 0.1) is 29.9 Å². The first-order valence-corrected chi connectivity index (χ1v) is 9.89. The molecule has 2 aromatic heterocycles. The van der Waals surface area contributed by atoms with E-state index in [4.69, 9.17) is 21.3 Å². The van der Waals surface area contributed by atoms with Gasteiger partial charge in [0.15, 0.2) is 0 Å². The molecule has 2 aliphatic rings. The van der Waals surface area contributed by atoms with Gasteiger partial charge in [-0.1, -0.05) is 11.6 Å². The Morgan fingerprint density at radius 3 is 2.86 bits per heavy atom. The predicted octanol–water partition coefficient (Wildman–Crippen LogP) is 4.46. The minimum Gasteiger partial charge on any atom is -0.394 e. The van der Waals surface area contributed by atoms with Crippen LogP contribution in [0.4, 0.5) is 8.78 Å². The van der Waals surface area contributed by atoms with Gasteiger partial charge in [0.1, 0.15) is 11.3 Å². The van der Waals surface area contributed by atoms with Crippen molar-refractivity contribution in [1.82, 2.24) is 14.5 Å². The van der Waals surface area contributed by atoms with E-state index in [2.05, 4.69) is 9.55 Å². The van der Waals surface area contributed by atoms with Crippen LogP contribution in [-0.2, 0) is 4.74 Å². The summed E-state index contributed by atoms with van der Waals surface area (Å²) < 4.78 is 34.9. The second kappa shape index (κ2) is 6.61.